The van der Waals surface area contributed by atoms with Gasteiger partial charge in [0.15, 0.2) is 6.10 Å². The Morgan fingerprint density at radius 1 is 1.59 bits per heavy atom. The van der Waals surface area contributed by atoms with Crippen molar-refractivity contribution >= 4 is 11.9 Å². The molecule has 1 aromatic heterocycles. The molecular formula is C12H15NO4. The second kappa shape index (κ2) is 5.03. The lowest BCUT2D eigenvalue weighted by molar-refractivity contribution is -0.132. The number of carbonyl (C=O) groups excluding carboxylic acids is 2. The maximum Gasteiger partial charge on any atom is 0.375 e. The number of ether oxygens (including phenoxy) is 1. The minimum Gasteiger partial charge on any atom is -0.454 e. The first kappa shape index (κ1) is 11.7. The predicted octanol–water partition coefficient (Wildman–Crippen LogP) is 1.28. The van der Waals surface area contributed by atoms with Gasteiger partial charge in [-0.1, -0.05) is 6.92 Å². The maximum atomic E-state index is 11.7. The number of hydrogen-bond acceptors (Lipinski definition) is 4. The van der Waals surface area contributed by atoms with Gasteiger partial charge in [-0.15, -0.1) is 0 Å². The summed E-state index contributed by atoms with van der Waals surface area (Å²) in [6, 6.07) is 3.30. The molecular weight excluding hydrogens is 222 g/mol. The Balaban J connectivity index is 1.98. The van der Waals surface area contributed by atoms with Crippen molar-refractivity contribution in [2.24, 2.45) is 0 Å². The highest BCUT2D eigenvalue weighted by atomic mass is 16.6. The molecule has 1 aliphatic heterocycles. The number of amides is 1. The Kier molecular flexibility index (Phi) is 3.46. The third kappa shape index (κ3) is 2.67. The van der Waals surface area contributed by atoms with Crippen LogP contribution in [0.25, 0.3) is 0 Å². The number of carbonyl (C=O) groups is 2. The van der Waals surface area contributed by atoms with Crippen LogP contribution in [0.1, 0.15) is 36.1 Å². The average molecular weight is 237 g/mol. The van der Waals surface area contributed by atoms with Crippen LogP contribution in [0.15, 0.2) is 16.5 Å². The third-order valence-electron chi connectivity index (χ3n) is 2.70. The molecule has 2 rings (SSSR count). The van der Waals surface area contributed by atoms with Crippen molar-refractivity contribution in [1.29, 1.82) is 0 Å². The molecule has 0 radical (unpaired) electrons. The molecule has 0 bridgehead atoms. The first-order valence-electron chi connectivity index (χ1n) is 5.78. The Morgan fingerprint density at radius 3 is 3.06 bits per heavy atom. The molecule has 0 spiro atoms. The molecule has 0 aromatic carbocycles. The summed E-state index contributed by atoms with van der Waals surface area (Å²) in [6.07, 6.45) is 1.42. The quantitative estimate of drug-likeness (QED) is 0.804. The van der Waals surface area contributed by atoms with Crippen LogP contribution in [-0.2, 0) is 16.0 Å². The fourth-order valence-electron chi connectivity index (χ4n) is 1.72. The van der Waals surface area contributed by atoms with E-state index >= 15 is 0 Å². The van der Waals surface area contributed by atoms with Crippen LogP contribution in [0.2, 0.25) is 0 Å². The molecule has 1 aliphatic rings. The molecule has 5 heteroatoms. The number of hydrogen-bond donors (Lipinski definition) is 1. The van der Waals surface area contributed by atoms with E-state index in [2.05, 4.69) is 5.32 Å². The SMILES string of the molecule is CCc1ccc(C(=O)O[C@@H]2CCCNC2=O)o1. The van der Waals surface area contributed by atoms with E-state index in [1.807, 2.05) is 6.92 Å². The Hall–Kier alpha value is -1.78. The standard InChI is InChI=1S/C12H15NO4/c1-2-8-5-6-10(16-8)12(15)17-9-4-3-7-13-11(9)14/h5-6,9H,2-4,7H2,1H3,(H,13,14)/t9-/m1/s1. The molecule has 1 aromatic rings. The van der Waals surface area contributed by atoms with Crippen LogP contribution in [0.5, 0.6) is 0 Å². The van der Waals surface area contributed by atoms with E-state index in [-0.39, 0.29) is 11.7 Å². The van der Waals surface area contributed by atoms with Crippen molar-refractivity contribution < 1.29 is 18.7 Å². The van der Waals surface area contributed by atoms with Crippen LogP contribution in [0.4, 0.5) is 0 Å². The molecule has 1 fully saturated rings. The van der Waals surface area contributed by atoms with Crippen molar-refractivity contribution in [3.05, 3.63) is 23.7 Å². The number of nitrogens with one attached hydrogen (secondary N) is 1. The molecule has 17 heavy (non-hydrogen) atoms. The second-order valence-electron chi connectivity index (χ2n) is 3.95. The highest BCUT2D eigenvalue weighted by Gasteiger charge is 2.27. The van der Waals surface area contributed by atoms with Crippen molar-refractivity contribution in [2.45, 2.75) is 32.3 Å². The number of rotatable bonds is 3. The van der Waals surface area contributed by atoms with Gasteiger partial charge < -0.3 is 14.5 Å². The monoisotopic (exact) mass is 237 g/mol. The van der Waals surface area contributed by atoms with Gasteiger partial charge in [-0.05, 0) is 25.0 Å². The van der Waals surface area contributed by atoms with Crippen molar-refractivity contribution in [3.8, 4) is 0 Å². The summed E-state index contributed by atoms with van der Waals surface area (Å²) in [7, 11) is 0. The van der Waals surface area contributed by atoms with E-state index < -0.39 is 12.1 Å². The van der Waals surface area contributed by atoms with E-state index in [4.69, 9.17) is 9.15 Å². The summed E-state index contributed by atoms with van der Waals surface area (Å²) in [5.41, 5.74) is 0. The first-order chi connectivity index (χ1) is 8.20. The van der Waals surface area contributed by atoms with Crippen molar-refractivity contribution in [3.63, 3.8) is 0 Å². The van der Waals surface area contributed by atoms with Crippen LogP contribution in [0.3, 0.4) is 0 Å². The van der Waals surface area contributed by atoms with Crippen LogP contribution in [0, 0.1) is 0 Å². The van der Waals surface area contributed by atoms with Gasteiger partial charge in [-0.3, -0.25) is 4.79 Å². The smallest absolute Gasteiger partial charge is 0.375 e. The van der Waals surface area contributed by atoms with Gasteiger partial charge in [-0.25, -0.2) is 4.79 Å². The van der Waals surface area contributed by atoms with Gasteiger partial charge in [0.05, 0.1) is 0 Å². The van der Waals surface area contributed by atoms with Gasteiger partial charge in [0.2, 0.25) is 5.76 Å². The number of esters is 1. The summed E-state index contributed by atoms with van der Waals surface area (Å²) in [6.45, 7) is 2.58. The normalized spacial score (nSPS) is 19.8. The van der Waals surface area contributed by atoms with E-state index in [1.54, 1.807) is 12.1 Å². The van der Waals surface area contributed by atoms with Crippen molar-refractivity contribution in [1.82, 2.24) is 5.32 Å². The lowest BCUT2D eigenvalue weighted by atomic mass is 10.1. The summed E-state index contributed by atoms with van der Waals surface area (Å²) in [5.74, 6) is 0.0730. The Labute approximate surface area is 99.1 Å². The Bertz CT molecular complexity index is 424. The lowest BCUT2D eigenvalue weighted by Crippen LogP contribution is -2.42. The fourth-order valence-corrected chi connectivity index (χ4v) is 1.72. The molecule has 1 N–H and O–H groups in total. The van der Waals surface area contributed by atoms with E-state index in [1.165, 1.54) is 0 Å². The molecule has 0 unspecified atom stereocenters. The highest BCUT2D eigenvalue weighted by molar-refractivity contribution is 5.90. The first-order valence-corrected chi connectivity index (χ1v) is 5.78. The summed E-state index contributed by atoms with van der Waals surface area (Å²) >= 11 is 0. The topological polar surface area (TPSA) is 68.5 Å². The van der Waals surface area contributed by atoms with Gasteiger partial charge in [-0.2, -0.15) is 0 Å². The minimum absolute atomic E-state index is 0.153. The van der Waals surface area contributed by atoms with Crippen LogP contribution in [-0.4, -0.2) is 24.5 Å². The second-order valence-corrected chi connectivity index (χ2v) is 3.95. The van der Waals surface area contributed by atoms with E-state index in [0.717, 1.165) is 18.6 Å². The van der Waals surface area contributed by atoms with Crippen molar-refractivity contribution in [2.75, 3.05) is 6.54 Å². The summed E-state index contributed by atoms with van der Waals surface area (Å²) in [5, 5.41) is 2.66. The highest BCUT2D eigenvalue weighted by Crippen LogP contribution is 2.14. The third-order valence-corrected chi connectivity index (χ3v) is 2.70. The number of piperidine rings is 1. The zero-order valence-corrected chi connectivity index (χ0v) is 9.69. The summed E-state index contributed by atoms with van der Waals surface area (Å²) in [4.78, 5) is 23.1. The van der Waals surface area contributed by atoms with E-state index in [0.29, 0.717) is 13.0 Å². The van der Waals surface area contributed by atoms with Gasteiger partial charge in [0.25, 0.3) is 5.91 Å². The zero-order valence-electron chi connectivity index (χ0n) is 9.69. The van der Waals surface area contributed by atoms with E-state index in [9.17, 15) is 9.59 Å². The molecule has 0 aliphatic carbocycles. The summed E-state index contributed by atoms with van der Waals surface area (Å²) < 4.78 is 10.4. The largest absolute Gasteiger partial charge is 0.454 e. The molecule has 0 saturated carbocycles. The van der Waals surface area contributed by atoms with Crippen LogP contribution >= 0.6 is 0 Å². The fraction of sp³-hybridized carbons (Fsp3) is 0.500. The molecule has 1 amide bonds. The van der Waals surface area contributed by atoms with Gasteiger partial charge in [0, 0.05) is 13.0 Å². The minimum atomic E-state index is -0.688. The molecule has 1 atom stereocenters. The lowest BCUT2D eigenvalue weighted by Gasteiger charge is -2.21. The molecule has 1 saturated heterocycles. The zero-order chi connectivity index (χ0) is 12.3. The van der Waals surface area contributed by atoms with Crippen LogP contribution < -0.4 is 5.32 Å². The average Bonchev–Trinajstić information content (AvgIpc) is 2.81. The number of aryl methyl sites for hydroxylation is 1. The number of furan rings is 1. The molecule has 5 nitrogen and oxygen atoms in total. The predicted molar refractivity (Wildman–Crippen MR) is 59.5 cm³/mol. The maximum absolute atomic E-state index is 11.7. The van der Waals surface area contributed by atoms with Gasteiger partial charge in [0.1, 0.15) is 5.76 Å². The molecule has 92 valence electrons. The molecule has 2 heterocycles. The van der Waals surface area contributed by atoms with Gasteiger partial charge >= 0.3 is 5.97 Å². The Morgan fingerprint density at radius 2 is 2.41 bits per heavy atom.